The Labute approximate surface area is 108 Å². The first-order chi connectivity index (χ1) is 7.84. The van der Waals surface area contributed by atoms with Crippen LogP contribution in [-0.2, 0) is 13.0 Å². The fourth-order valence-corrected chi connectivity index (χ4v) is 3.90. The molecule has 2 aromatic rings. The van der Waals surface area contributed by atoms with Crippen LogP contribution in [0.5, 0.6) is 0 Å². The van der Waals surface area contributed by atoms with E-state index in [2.05, 4.69) is 51.6 Å². The van der Waals surface area contributed by atoms with Crippen LogP contribution in [0.25, 0.3) is 10.4 Å². The second-order valence-electron chi connectivity index (χ2n) is 3.97. The molecule has 0 radical (unpaired) electrons. The van der Waals surface area contributed by atoms with Gasteiger partial charge in [-0.2, -0.15) is 0 Å². The number of fused-ring (bicyclic) bond motifs is 1. The molecular weight excluding hydrogens is 282 g/mol. The molecule has 82 valence electrons. The average Bonchev–Trinajstić information content (AvgIpc) is 2.73. The van der Waals surface area contributed by atoms with Gasteiger partial charge in [-0.05, 0) is 30.7 Å². The molecule has 0 bridgehead atoms. The molecule has 1 aromatic heterocycles. The second kappa shape index (κ2) is 4.32. The third-order valence-electron chi connectivity index (χ3n) is 2.89. The molecular formula is C13H12BrNS. The minimum absolute atomic E-state index is 1.03. The highest BCUT2D eigenvalue weighted by Crippen LogP contribution is 2.36. The van der Waals surface area contributed by atoms with Gasteiger partial charge in [0.15, 0.2) is 0 Å². The van der Waals surface area contributed by atoms with Gasteiger partial charge < -0.3 is 5.32 Å². The Bertz CT molecular complexity index is 495. The maximum absolute atomic E-state index is 3.62. The Morgan fingerprint density at radius 3 is 2.94 bits per heavy atom. The van der Waals surface area contributed by atoms with Gasteiger partial charge in [0.25, 0.3) is 0 Å². The van der Waals surface area contributed by atoms with Crippen molar-refractivity contribution in [1.82, 2.24) is 5.32 Å². The maximum atomic E-state index is 3.62. The number of hydrogen-bond acceptors (Lipinski definition) is 2. The van der Waals surface area contributed by atoms with Crippen LogP contribution >= 0.6 is 27.3 Å². The molecule has 3 heteroatoms. The van der Waals surface area contributed by atoms with Gasteiger partial charge in [0.1, 0.15) is 0 Å². The molecule has 16 heavy (non-hydrogen) atoms. The summed E-state index contributed by atoms with van der Waals surface area (Å²) in [6.45, 7) is 2.14. The molecule has 0 saturated heterocycles. The molecule has 3 rings (SSSR count). The lowest BCUT2D eigenvalue weighted by Crippen LogP contribution is -2.21. The van der Waals surface area contributed by atoms with Crippen molar-refractivity contribution >= 4 is 27.3 Å². The lowest BCUT2D eigenvalue weighted by molar-refractivity contribution is 0.655. The zero-order chi connectivity index (χ0) is 11.0. The average molecular weight is 294 g/mol. The molecule has 1 N–H and O–H groups in total. The van der Waals surface area contributed by atoms with Crippen molar-refractivity contribution in [2.45, 2.75) is 13.0 Å². The summed E-state index contributed by atoms with van der Waals surface area (Å²) in [5.74, 6) is 0. The van der Waals surface area contributed by atoms with Crippen molar-refractivity contribution in [3.8, 4) is 10.4 Å². The van der Waals surface area contributed by atoms with E-state index in [0.717, 1.165) is 19.5 Å². The topological polar surface area (TPSA) is 12.0 Å². The summed E-state index contributed by atoms with van der Waals surface area (Å²) < 4.78 is 1.18. The van der Waals surface area contributed by atoms with Crippen LogP contribution in [0.1, 0.15) is 10.4 Å². The number of hydrogen-bond donors (Lipinski definition) is 1. The molecule has 1 aliphatic heterocycles. The van der Waals surface area contributed by atoms with Crippen LogP contribution in [0.15, 0.2) is 34.8 Å². The zero-order valence-electron chi connectivity index (χ0n) is 8.79. The maximum Gasteiger partial charge on any atom is 0.0360 e. The van der Waals surface area contributed by atoms with Crippen LogP contribution in [0.3, 0.4) is 0 Å². The van der Waals surface area contributed by atoms with E-state index in [1.807, 2.05) is 11.3 Å². The third kappa shape index (κ3) is 1.83. The first kappa shape index (κ1) is 10.5. The molecule has 0 unspecified atom stereocenters. The summed E-state index contributed by atoms with van der Waals surface area (Å²) in [5.41, 5.74) is 2.83. The Morgan fingerprint density at radius 2 is 2.12 bits per heavy atom. The van der Waals surface area contributed by atoms with Crippen LogP contribution in [0, 0.1) is 0 Å². The zero-order valence-corrected chi connectivity index (χ0v) is 11.2. The van der Waals surface area contributed by atoms with Gasteiger partial charge in [0.05, 0.1) is 0 Å². The lowest BCUT2D eigenvalue weighted by atomic mass is 10.1. The highest BCUT2D eigenvalue weighted by Gasteiger charge is 2.14. The number of thiophene rings is 1. The van der Waals surface area contributed by atoms with Crippen molar-refractivity contribution in [3.63, 3.8) is 0 Å². The van der Waals surface area contributed by atoms with E-state index in [9.17, 15) is 0 Å². The summed E-state index contributed by atoms with van der Waals surface area (Å²) in [6.07, 6.45) is 1.16. The Kier molecular flexibility index (Phi) is 2.84. The summed E-state index contributed by atoms with van der Waals surface area (Å²) in [6, 6.07) is 10.8. The fraction of sp³-hybridized carbons (Fsp3) is 0.231. The third-order valence-corrected chi connectivity index (χ3v) is 4.79. The van der Waals surface area contributed by atoms with E-state index in [0.29, 0.717) is 0 Å². The second-order valence-corrected chi connectivity index (χ2v) is 5.96. The van der Waals surface area contributed by atoms with Gasteiger partial charge in [-0.15, -0.1) is 11.3 Å². The van der Waals surface area contributed by atoms with Crippen molar-refractivity contribution in [3.05, 3.63) is 45.2 Å². The first-order valence-corrected chi connectivity index (χ1v) is 7.03. The lowest BCUT2D eigenvalue weighted by Gasteiger charge is -2.10. The summed E-state index contributed by atoms with van der Waals surface area (Å²) in [7, 11) is 0. The SMILES string of the molecule is Brc1ccccc1-c1cc2c(s1)CNCC2. The number of nitrogens with one attached hydrogen (secondary N) is 1. The van der Waals surface area contributed by atoms with E-state index in [1.54, 1.807) is 0 Å². The van der Waals surface area contributed by atoms with Gasteiger partial charge in [0, 0.05) is 26.3 Å². The standard InChI is InChI=1S/C13H12BrNS/c14-11-4-2-1-3-10(11)12-7-9-5-6-15-8-13(9)16-12/h1-4,7,15H,5-6,8H2. The molecule has 0 saturated carbocycles. The number of halogens is 1. The van der Waals surface area contributed by atoms with Crippen molar-refractivity contribution in [2.24, 2.45) is 0 Å². The van der Waals surface area contributed by atoms with Gasteiger partial charge in [0.2, 0.25) is 0 Å². The van der Waals surface area contributed by atoms with Crippen molar-refractivity contribution < 1.29 is 0 Å². The quantitative estimate of drug-likeness (QED) is 0.843. The van der Waals surface area contributed by atoms with Crippen LogP contribution in [0.2, 0.25) is 0 Å². The molecule has 1 aromatic carbocycles. The van der Waals surface area contributed by atoms with Gasteiger partial charge in [-0.3, -0.25) is 0 Å². The molecule has 0 spiro atoms. The summed E-state index contributed by atoms with van der Waals surface area (Å²) in [5, 5.41) is 3.42. The molecule has 0 amide bonds. The molecule has 0 atom stereocenters. The van der Waals surface area contributed by atoms with Crippen LogP contribution in [0.4, 0.5) is 0 Å². The largest absolute Gasteiger partial charge is 0.312 e. The Hall–Kier alpha value is -0.640. The van der Waals surface area contributed by atoms with Gasteiger partial charge in [-0.1, -0.05) is 34.1 Å². The predicted molar refractivity (Wildman–Crippen MR) is 72.9 cm³/mol. The predicted octanol–water partition coefficient (Wildman–Crippen LogP) is 3.82. The van der Waals surface area contributed by atoms with E-state index >= 15 is 0 Å². The Balaban J connectivity index is 2.07. The highest BCUT2D eigenvalue weighted by molar-refractivity contribution is 9.10. The van der Waals surface area contributed by atoms with Gasteiger partial charge >= 0.3 is 0 Å². The molecule has 0 fully saturated rings. The summed E-state index contributed by atoms with van der Waals surface area (Å²) in [4.78, 5) is 2.87. The Morgan fingerprint density at radius 1 is 1.25 bits per heavy atom. The molecule has 1 aliphatic rings. The molecule has 0 aliphatic carbocycles. The van der Waals surface area contributed by atoms with E-state index in [-0.39, 0.29) is 0 Å². The van der Waals surface area contributed by atoms with Gasteiger partial charge in [-0.25, -0.2) is 0 Å². The van der Waals surface area contributed by atoms with E-state index < -0.39 is 0 Å². The fourth-order valence-electron chi connectivity index (χ4n) is 2.05. The van der Waals surface area contributed by atoms with E-state index in [4.69, 9.17) is 0 Å². The van der Waals surface area contributed by atoms with Crippen molar-refractivity contribution in [2.75, 3.05) is 6.54 Å². The number of rotatable bonds is 1. The van der Waals surface area contributed by atoms with Crippen molar-refractivity contribution in [1.29, 1.82) is 0 Å². The van der Waals surface area contributed by atoms with E-state index in [1.165, 1.54) is 25.4 Å². The minimum Gasteiger partial charge on any atom is -0.312 e. The summed E-state index contributed by atoms with van der Waals surface area (Å²) >= 11 is 5.53. The molecule has 2 heterocycles. The monoisotopic (exact) mass is 293 g/mol. The normalized spacial score (nSPS) is 14.8. The van der Waals surface area contributed by atoms with Crippen LogP contribution in [-0.4, -0.2) is 6.54 Å². The first-order valence-electron chi connectivity index (χ1n) is 5.42. The minimum atomic E-state index is 1.03. The number of benzene rings is 1. The highest BCUT2D eigenvalue weighted by atomic mass is 79.9. The smallest absolute Gasteiger partial charge is 0.0360 e. The van der Waals surface area contributed by atoms with Crippen LogP contribution < -0.4 is 5.32 Å². The molecule has 1 nitrogen and oxygen atoms in total.